The van der Waals surface area contributed by atoms with E-state index < -0.39 is 11.9 Å². The summed E-state index contributed by atoms with van der Waals surface area (Å²) in [5.41, 5.74) is 11.5. The summed E-state index contributed by atoms with van der Waals surface area (Å²) in [5.74, 6) is 0.798. The molecule has 0 atom stereocenters. The van der Waals surface area contributed by atoms with E-state index in [0.717, 1.165) is 88.2 Å². The number of thiophene rings is 2. The summed E-state index contributed by atoms with van der Waals surface area (Å²) in [6.07, 6.45) is 27.4. The Morgan fingerprint density at radius 2 is 0.552 bits per heavy atom. The second kappa shape index (κ2) is 40.5. The first kappa shape index (κ1) is 82.9. The van der Waals surface area contributed by atoms with Crippen molar-refractivity contribution in [3.8, 4) is 23.0 Å². The van der Waals surface area contributed by atoms with Crippen LogP contribution < -0.4 is 18.9 Å². The van der Waals surface area contributed by atoms with Gasteiger partial charge in [0.15, 0.2) is 0 Å². The van der Waals surface area contributed by atoms with E-state index in [4.69, 9.17) is 18.9 Å². The van der Waals surface area contributed by atoms with Crippen LogP contribution in [0.3, 0.4) is 0 Å². The normalized spacial score (nSPS) is 11.4. The third kappa shape index (κ3) is 20.8. The number of benzene rings is 12. The Balaban J connectivity index is 0.000000211. The zero-order chi connectivity index (χ0) is 80.9. The average molecular weight is 1570 g/mol. The van der Waals surface area contributed by atoms with E-state index in [2.05, 4.69) is 174 Å². The molecule has 14 rings (SSSR count). The van der Waals surface area contributed by atoms with Gasteiger partial charge in [-0.05, 0) is 239 Å². The molecule has 0 aliphatic rings. The van der Waals surface area contributed by atoms with Gasteiger partial charge in [-0.1, -0.05) is 288 Å². The first-order valence-corrected chi connectivity index (χ1v) is 43.7. The van der Waals surface area contributed by atoms with E-state index in [1.165, 1.54) is 194 Å². The van der Waals surface area contributed by atoms with Gasteiger partial charge in [0, 0.05) is 62.6 Å². The summed E-state index contributed by atoms with van der Waals surface area (Å²) in [5, 5.41) is 15.2. The largest absolute Gasteiger partial charge is 0.423 e. The maximum atomic E-state index is 13.3. The second-order valence-electron chi connectivity index (χ2n) is 31.3. The predicted octanol–water partition coefficient (Wildman–Crippen LogP) is 28.8. The molecule has 0 N–H and O–H groups in total. The maximum Gasteiger partial charge on any atom is 0.338 e. The lowest BCUT2D eigenvalue weighted by Crippen LogP contribution is -2.12. The predicted molar refractivity (Wildman–Crippen MR) is 489 cm³/mol. The van der Waals surface area contributed by atoms with Crippen LogP contribution in [0.25, 0.3) is 83.4 Å². The highest BCUT2D eigenvalue weighted by atomic mass is 32.1. The van der Waals surface area contributed by atoms with Crippen molar-refractivity contribution in [2.24, 2.45) is 0 Å². The van der Waals surface area contributed by atoms with Crippen molar-refractivity contribution in [2.45, 2.75) is 195 Å². The highest BCUT2D eigenvalue weighted by Crippen LogP contribution is 2.48. The molecule has 116 heavy (non-hydrogen) atoms. The molecule has 0 aliphatic heterocycles. The molecule has 0 radical (unpaired) electrons. The molecular weight excluding hydrogens is 1470 g/mol. The molecule has 0 amide bonds. The molecule has 0 saturated carbocycles. The molecule has 592 valence electrons. The van der Waals surface area contributed by atoms with Gasteiger partial charge in [0.1, 0.15) is 23.0 Å². The Morgan fingerprint density at radius 1 is 0.284 bits per heavy atom. The molecule has 0 aliphatic carbocycles. The molecule has 2 aromatic heterocycles. The summed E-state index contributed by atoms with van der Waals surface area (Å²) in [7, 11) is 0. The average Bonchev–Trinajstić information content (AvgIpc) is 1.57. The molecule has 10 heteroatoms. The summed E-state index contributed by atoms with van der Waals surface area (Å²) in [6, 6.07) is 75.9. The number of para-hydroxylation sites is 2. The Kier molecular flexibility index (Phi) is 29.0. The van der Waals surface area contributed by atoms with Gasteiger partial charge in [0.05, 0.1) is 0 Å². The third-order valence-corrected chi connectivity index (χ3v) is 25.2. The van der Waals surface area contributed by atoms with Crippen LogP contribution in [-0.2, 0) is 70.5 Å². The van der Waals surface area contributed by atoms with Crippen LogP contribution in [0.1, 0.15) is 188 Å². The van der Waals surface area contributed by atoms with Gasteiger partial charge in [0.2, 0.25) is 0 Å². The zero-order valence-corrected chi connectivity index (χ0v) is 69.7. The van der Waals surface area contributed by atoms with E-state index in [9.17, 15) is 19.2 Å². The molecule has 0 bridgehead atoms. The van der Waals surface area contributed by atoms with Gasteiger partial charge < -0.3 is 18.9 Å². The van der Waals surface area contributed by atoms with Crippen molar-refractivity contribution in [1.29, 1.82) is 0 Å². The first-order chi connectivity index (χ1) is 56.6. The van der Waals surface area contributed by atoms with Gasteiger partial charge in [-0.3, -0.25) is 0 Å². The number of rotatable bonds is 38. The molecular formula is C106H108O8S2. The van der Waals surface area contributed by atoms with Crippen molar-refractivity contribution in [3.63, 3.8) is 0 Å². The second-order valence-corrected chi connectivity index (χ2v) is 33.4. The van der Waals surface area contributed by atoms with E-state index in [-0.39, 0.29) is 11.9 Å². The fourth-order valence-corrected chi connectivity index (χ4v) is 18.8. The number of aryl methyl sites for hydroxylation is 8. The lowest BCUT2D eigenvalue weighted by atomic mass is 9.93. The van der Waals surface area contributed by atoms with Crippen LogP contribution in [0, 0.1) is 0 Å². The molecule has 0 unspecified atom stereocenters. The summed E-state index contributed by atoms with van der Waals surface area (Å²) in [4.78, 5) is 50.5. The highest BCUT2D eigenvalue weighted by Gasteiger charge is 2.24. The first-order valence-electron chi connectivity index (χ1n) is 42.0. The molecule has 14 aromatic rings. The van der Waals surface area contributed by atoms with Crippen molar-refractivity contribution < 1.29 is 38.1 Å². The Labute approximate surface area is 692 Å². The standard InChI is InChI=1S/C62H72O4S.C44H36O4S/c1-5-7-9-11-13-15-17-19-29-45(3)61(63)65-55-37-27-23-31-47(55)39-41-51-43-49-33-21-25-35-53(49)57-58-54-36-26-22-34-50(54)44-52(60(58)67-59(51)57)42-40-48-32-24-28-38-56(48)66-62(64)46(4)30-20-18-16-14-12-10-8-6-2;1-27(2)43(45)47-35-21-15-29(16-22-35)13-19-33-25-31-9-5-7-11-37(31)39-40-38-12-8-6-10-32(38)26-34(42(40)49-41(33)39)20-14-30-17-23-36(24-18-30)48-44(46)28(3)4/h21-28,31-38,43-44H,3-20,29-30,39-42H2,1-2H3;5-12,15-18,21-26H,1,3,13-14,19-20H2,2,4H3. The lowest BCUT2D eigenvalue weighted by molar-refractivity contribution is -0.131. The number of carbonyl (C=O) groups is 4. The molecule has 8 nitrogen and oxygen atoms in total. The Bertz CT molecular complexity index is 5550. The van der Waals surface area contributed by atoms with Crippen molar-refractivity contribution in [2.75, 3.05) is 0 Å². The quantitative estimate of drug-likeness (QED) is 0.0163. The minimum absolute atomic E-state index is 0.326. The van der Waals surface area contributed by atoms with E-state index in [1.807, 2.05) is 108 Å². The SMILES string of the molecule is C=C(C)C(=O)Oc1ccc(CCc2cc3ccccc3c3c2sc2c(CCc4ccc(OC(=O)C(=C)C)cc4)cc4ccccc4c23)cc1.C=C(CCCCCCCCCC)C(=O)Oc1ccccc1CCc1cc2ccccc2c2c1sc1c(CCc3ccccc3OC(=O)C(=C)CCCCCCCCCC)cc3ccccc3c12. The molecule has 12 aromatic carbocycles. The number of unbranched alkanes of at least 4 members (excludes halogenated alkanes) is 14. The monoisotopic (exact) mass is 1570 g/mol. The summed E-state index contributed by atoms with van der Waals surface area (Å²) >= 11 is 3.80. The van der Waals surface area contributed by atoms with Gasteiger partial charge >= 0.3 is 23.9 Å². The minimum Gasteiger partial charge on any atom is -0.423 e. The van der Waals surface area contributed by atoms with Crippen LogP contribution in [0.4, 0.5) is 0 Å². The van der Waals surface area contributed by atoms with Crippen molar-refractivity contribution >= 4 is 130 Å². The Morgan fingerprint density at radius 3 is 0.862 bits per heavy atom. The van der Waals surface area contributed by atoms with E-state index in [1.54, 1.807) is 13.8 Å². The molecule has 0 spiro atoms. The minimum atomic E-state index is -0.414. The van der Waals surface area contributed by atoms with Crippen LogP contribution >= 0.6 is 22.7 Å². The van der Waals surface area contributed by atoms with Gasteiger partial charge in [-0.15, -0.1) is 22.7 Å². The molecule has 2 heterocycles. The topological polar surface area (TPSA) is 105 Å². The molecule has 0 saturated heterocycles. The maximum absolute atomic E-state index is 13.3. The van der Waals surface area contributed by atoms with Crippen LogP contribution in [0.5, 0.6) is 23.0 Å². The number of hydrogen-bond donors (Lipinski definition) is 0. The fraction of sp³-hybridized carbons (Fsp3) is 0.283. The Hall–Kier alpha value is -11.0. The van der Waals surface area contributed by atoms with Crippen molar-refractivity contribution in [3.05, 3.63) is 312 Å². The fourth-order valence-electron chi connectivity index (χ4n) is 16.0. The number of esters is 4. The highest BCUT2D eigenvalue weighted by molar-refractivity contribution is 7.27. The smallest absolute Gasteiger partial charge is 0.338 e. The summed E-state index contributed by atoms with van der Waals surface area (Å²) in [6.45, 7) is 23.4. The number of hydrogen-bond acceptors (Lipinski definition) is 10. The van der Waals surface area contributed by atoms with Crippen LogP contribution in [0.15, 0.2) is 267 Å². The third-order valence-electron chi connectivity index (χ3n) is 22.5. The number of carbonyl (C=O) groups excluding carboxylic acids is 4. The van der Waals surface area contributed by atoms with Gasteiger partial charge in [-0.25, -0.2) is 19.2 Å². The lowest BCUT2D eigenvalue weighted by Gasteiger charge is -2.13. The number of fused-ring (bicyclic) bond motifs is 14. The number of ether oxygens (including phenoxy) is 4. The zero-order valence-electron chi connectivity index (χ0n) is 68.1. The van der Waals surface area contributed by atoms with Gasteiger partial charge in [0.25, 0.3) is 0 Å². The van der Waals surface area contributed by atoms with Crippen LogP contribution in [-0.4, -0.2) is 23.9 Å². The van der Waals surface area contributed by atoms with Crippen LogP contribution in [0.2, 0.25) is 0 Å². The molecule has 0 fully saturated rings. The van der Waals surface area contributed by atoms with Crippen molar-refractivity contribution in [1.82, 2.24) is 0 Å². The van der Waals surface area contributed by atoms with E-state index >= 15 is 0 Å². The van der Waals surface area contributed by atoms with E-state index in [0.29, 0.717) is 58.1 Å². The van der Waals surface area contributed by atoms with Gasteiger partial charge in [-0.2, -0.15) is 0 Å². The summed E-state index contributed by atoms with van der Waals surface area (Å²) < 4.78 is 28.2.